The van der Waals surface area contributed by atoms with Crippen molar-refractivity contribution in [1.29, 1.82) is 0 Å². The van der Waals surface area contributed by atoms with Gasteiger partial charge in [0.2, 0.25) is 0 Å². The highest BCUT2D eigenvalue weighted by Crippen LogP contribution is 2.28. The van der Waals surface area contributed by atoms with E-state index in [4.69, 9.17) is 10.8 Å². The monoisotopic (exact) mass is 275 g/mol. The Labute approximate surface area is 97.0 Å². The maximum absolute atomic E-state index is 8.62. The van der Waals surface area contributed by atoms with E-state index in [0.717, 1.165) is 33.7 Å². The van der Waals surface area contributed by atoms with Crippen molar-refractivity contribution in [3.8, 4) is 0 Å². The summed E-state index contributed by atoms with van der Waals surface area (Å²) in [6.45, 7) is 0.272. The van der Waals surface area contributed by atoms with Crippen LogP contribution in [0.25, 0.3) is 0 Å². The minimum atomic E-state index is 0.272. The molecule has 3 N–H and O–H groups in total. The van der Waals surface area contributed by atoms with Gasteiger partial charge in [0, 0.05) is 21.7 Å². The summed E-state index contributed by atoms with van der Waals surface area (Å²) < 4.78 is 1.05. The maximum atomic E-state index is 8.62. The Morgan fingerprint density at radius 3 is 2.86 bits per heavy atom. The lowest BCUT2D eigenvalue weighted by atomic mass is 10.3. The molecule has 0 saturated heterocycles. The molecule has 0 saturated carbocycles. The zero-order valence-corrected chi connectivity index (χ0v) is 10.3. The molecular formula is C10H14BrNOS. The van der Waals surface area contributed by atoms with Gasteiger partial charge >= 0.3 is 0 Å². The van der Waals surface area contributed by atoms with E-state index in [0.29, 0.717) is 0 Å². The third-order valence-corrected chi connectivity index (χ3v) is 3.44. The summed E-state index contributed by atoms with van der Waals surface area (Å²) in [5, 5.41) is 8.62. The van der Waals surface area contributed by atoms with E-state index in [1.807, 2.05) is 18.2 Å². The van der Waals surface area contributed by atoms with Crippen molar-refractivity contribution in [2.75, 3.05) is 18.1 Å². The van der Waals surface area contributed by atoms with E-state index in [2.05, 4.69) is 15.9 Å². The van der Waals surface area contributed by atoms with Crippen molar-refractivity contribution in [3.63, 3.8) is 0 Å². The van der Waals surface area contributed by atoms with E-state index in [9.17, 15) is 0 Å². The molecular weight excluding hydrogens is 262 g/mol. The maximum Gasteiger partial charge on any atom is 0.0453 e. The topological polar surface area (TPSA) is 46.2 Å². The second-order valence-corrected chi connectivity index (χ2v) is 5.01. The van der Waals surface area contributed by atoms with Gasteiger partial charge in [-0.3, -0.25) is 0 Å². The first-order valence-corrected chi connectivity index (χ1v) is 6.30. The fraction of sp³-hybridized carbons (Fsp3) is 0.400. The molecule has 1 aromatic rings. The molecule has 0 unspecified atom stereocenters. The third kappa shape index (κ3) is 3.90. The van der Waals surface area contributed by atoms with Crippen molar-refractivity contribution in [2.45, 2.75) is 17.7 Å². The van der Waals surface area contributed by atoms with Crippen LogP contribution in [0.2, 0.25) is 0 Å². The Morgan fingerprint density at radius 1 is 1.36 bits per heavy atom. The van der Waals surface area contributed by atoms with Crippen molar-refractivity contribution in [2.24, 2.45) is 0 Å². The molecule has 1 rings (SSSR count). The van der Waals surface area contributed by atoms with Crippen molar-refractivity contribution >= 4 is 33.4 Å². The number of aliphatic hydroxyl groups excluding tert-OH is 1. The summed E-state index contributed by atoms with van der Waals surface area (Å²) in [5.41, 5.74) is 6.63. The average molecular weight is 276 g/mol. The molecule has 0 bridgehead atoms. The minimum Gasteiger partial charge on any atom is -0.398 e. The number of rotatable bonds is 5. The SMILES string of the molecule is Nc1ccc(Br)cc1SCCCCO. The Hall–Kier alpha value is -0.190. The molecule has 0 fully saturated rings. The molecule has 0 aromatic heterocycles. The fourth-order valence-corrected chi connectivity index (χ4v) is 2.56. The molecule has 1 aromatic carbocycles. The van der Waals surface area contributed by atoms with Crippen molar-refractivity contribution in [3.05, 3.63) is 22.7 Å². The molecule has 14 heavy (non-hydrogen) atoms. The molecule has 0 aliphatic rings. The van der Waals surface area contributed by atoms with Crippen LogP contribution in [0.4, 0.5) is 5.69 Å². The van der Waals surface area contributed by atoms with Crippen LogP contribution in [0.5, 0.6) is 0 Å². The number of unbranched alkanes of at least 4 members (excludes halogenated alkanes) is 1. The first-order valence-electron chi connectivity index (χ1n) is 4.52. The highest BCUT2D eigenvalue weighted by atomic mass is 79.9. The smallest absolute Gasteiger partial charge is 0.0453 e. The highest BCUT2D eigenvalue weighted by molar-refractivity contribution is 9.10. The molecule has 0 amide bonds. The highest BCUT2D eigenvalue weighted by Gasteiger charge is 2.00. The molecule has 0 aliphatic carbocycles. The fourth-order valence-electron chi connectivity index (χ4n) is 1.03. The molecule has 0 aliphatic heterocycles. The number of benzene rings is 1. The molecule has 0 radical (unpaired) electrons. The predicted octanol–water partition coefficient (Wildman–Crippen LogP) is 2.90. The molecule has 0 heterocycles. The van der Waals surface area contributed by atoms with E-state index in [-0.39, 0.29) is 6.61 Å². The van der Waals surface area contributed by atoms with Crippen molar-refractivity contribution in [1.82, 2.24) is 0 Å². The average Bonchev–Trinajstić information content (AvgIpc) is 2.18. The van der Waals surface area contributed by atoms with Crippen LogP contribution in [0.15, 0.2) is 27.6 Å². The lowest BCUT2D eigenvalue weighted by Crippen LogP contribution is -1.90. The number of nitrogens with two attached hydrogens (primary N) is 1. The minimum absolute atomic E-state index is 0.272. The normalized spacial score (nSPS) is 10.4. The van der Waals surface area contributed by atoms with Crippen LogP contribution in [-0.2, 0) is 0 Å². The first-order chi connectivity index (χ1) is 6.74. The van der Waals surface area contributed by atoms with Gasteiger partial charge in [-0.05, 0) is 36.8 Å². The number of aliphatic hydroxyl groups is 1. The molecule has 0 spiro atoms. The number of hydrogen-bond donors (Lipinski definition) is 2. The molecule has 2 nitrogen and oxygen atoms in total. The van der Waals surface area contributed by atoms with E-state index in [1.165, 1.54) is 0 Å². The lowest BCUT2D eigenvalue weighted by Gasteiger charge is -2.05. The van der Waals surface area contributed by atoms with Gasteiger partial charge in [-0.2, -0.15) is 0 Å². The first kappa shape index (κ1) is 11.9. The Balaban J connectivity index is 2.45. The van der Waals surface area contributed by atoms with Crippen LogP contribution >= 0.6 is 27.7 Å². The van der Waals surface area contributed by atoms with Crippen molar-refractivity contribution < 1.29 is 5.11 Å². The van der Waals surface area contributed by atoms with Crippen LogP contribution in [0.1, 0.15) is 12.8 Å². The Kier molecular flexibility index (Phi) is 5.37. The zero-order chi connectivity index (χ0) is 10.4. The largest absolute Gasteiger partial charge is 0.398 e. The van der Waals surface area contributed by atoms with E-state index < -0.39 is 0 Å². The van der Waals surface area contributed by atoms with Crippen LogP contribution in [0, 0.1) is 0 Å². The standard InChI is InChI=1S/C10H14BrNOS/c11-8-3-4-9(12)10(7-8)14-6-2-1-5-13/h3-4,7,13H,1-2,5-6,12H2. The summed E-state index contributed by atoms with van der Waals surface area (Å²) in [6, 6.07) is 5.87. The van der Waals surface area contributed by atoms with Gasteiger partial charge in [-0.1, -0.05) is 15.9 Å². The lowest BCUT2D eigenvalue weighted by molar-refractivity contribution is 0.287. The number of thioether (sulfide) groups is 1. The number of hydrogen-bond acceptors (Lipinski definition) is 3. The second-order valence-electron chi connectivity index (χ2n) is 2.96. The van der Waals surface area contributed by atoms with Crippen LogP contribution in [0.3, 0.4) is 0 Å². The summed E-state index contributed by atoms with van der Waals surface area (Å²) in [4.78, 5) is 1.11. The van der Waals surface area contributed by atoms with E-state index >= 15 is 0 Å². The van der Waals surface area contributed by atoms with Crippen LogP contribution < -0.4 is 5.73 Å². The quantitative estimate of drug-likeness (QED) is 0.494. The zero-order valence-electron chi connectivity index (χ0n) is 7.87. The van der Waals surface area contributed by atoms with Gasteiger partial charge in [0.1, 0.15) is 0 Å². The molecule has 4 heteroatoms. The summed E-state index contributed by atoms with van der Waals surface area (Å²) >= 11 is 5.15. The van der Waals surface area contributed by atoms with Gasteiger partial charge < -0.3 is 10.8 Å². The number of anilines is 1. The summed E-state index contributed by atoms with van der Waals surface area (Å²) in [5.74, 6) is 1.00. The van der Waals surface area contributed by atoms with Gasteiger partial charge in [0.05, 0.1) is 0 Å². The Bertz CT molecular complexity index is 293. The number of nitrogen functional groups attached to an aromatic ring is 1. The predicted molar refractivity (Wildman–Crippen MR) is 65.6 cm³/mol. The van der Waals surface area contributed by atoms with Gasteiger partial charge in [-0.15, -0.1) is 11.8 Å². The van der Waals surface area contributed by atoms with Gasteiger partial charge in [0.25, 0.3) is 0 Å². The Morgan fingerprint density at radius 2 is 2.14 bits per heavy atom. The summed E-state index contributed by atoms with van der Waals surface area (Å²) in [6.07, 6.45) is 1.88. The van der Waals surface area contributed by atoms with Gasteiger partial charge in [0.15, 0.2) is 0 Å². The second kappa shape index (κ2) is 6.32. The van der Waals surface area contributed by atoms with Crippen LogP contribution in [-0.4, -0.2) is 17.5 Å². The third-order valence-electron chi connectivity index (χ3n) is 1.79. The van der Waals surface area contributed by atoms with Gasteiger partial charge in [-0.25, -0.2) is 0 Å². The molecule has 0 atom stereocenters. The number of halogens is 1. The van der Waals surface area contributed by atoms with E-state index in [1.54, 1.807) is 11.8 Å². The summed E-state index contributed by atoms with van der Waals surface area (Å²) in [7, 11) is 0. The molecule has 78 valence electrons.